The van der Waals surface area contributed by atoms with Crippen LogP contribution in [0.3, 0.4) is 0 Å². The Morgan fingerprint density at radius 3 is 2.38 bits per heavy atom. The van der Waals surface area contributed by atoms with Gasteiger partial charge in [-0.15, -0.1) is 0 Å². The lowest BCUT2D eigenvalue weighted by atomic mass is 10.0. The first-order chi connectivity index (χ1) is 22.6. The number of nitrogens with two attached hydrogens (primary N) is 2. The van der Waals surface area contributed by atoms with Gasteiger partial charge in [-0.1, -0.05) is 72.6 Å². The quantitative estimate of drug-likeness (QED) is 0.134. The number of halogens is 1. The summed E-state index contributed by atoms with van der Waals surface area (Å²) in [5.74, 6) is -2.50. The van der Waals surface area contributed by atoms with Crippen LogP contribution in [0, 0.1) is 29.0 Å². The molecule has 5 N–H and O–H groups in total. The summed E-state index contributed by atoms with van der Waals surface area (Å²) in [5.41, 5.74) is 10.0. The molecule has 0 amide bonds. The first kappa shape index (κ1) is 38.9. The summed E-state index contributed by atoms with van der Waals surface area (Å²) >= 11 is 0. The van der Waals surface area contributed by atoms with E-state index in [1.54, 1.807) is 44.2 Å². The Bertz CT molecular complexity index is 1530. The summed E-state index contributed by atoms with van der Waals surface area (Å²) in [7, 11) is -4.34. The smallest absolute Gasteiger partial charge is 0.459 e. The van der Waals surface area contributed by atoms with Gasteiger partial charge in [-0.05, 0) is 48.3 Å². The van der Waals surface area contributed by atoms with E-state index in [9.17, 15) is 23.3 Å². The monoisotopic (exact) mass is 693 g/mol. The van der Waals surface area contributed by atoms with Crippen molar-refractivity contribution in [3.8, 4) is 5.75 Å². The third kappa shape index (κ3) is 11.0. The Morgan fingerprint density at radius 1 is 1.10 bits per heavy atom. The molecule has 1 fully saturated rings. The number of rotatable bonds is 19. The first-order valence-electron chi connectivity index (χ1n) is 16.2. The highest BCUT2D eigenvalue weighted by Crippen LogP contribution is 2.56. The van der Waals surface area contributed by atoms with Crippen LogP contribution < -0.4 is 26.8 Å². The second-order valence-electron chi connectivity index (χ2n) is 13.0. The lowest BCUT2D eigenvalue weighted by molar-refractivity contribution is -0.149. The van der Waals surface area contributed by atoms with Gasteiger partial charge >= 0.3 is 25.4 Å². The summed E-state index contributed by atoms with van der Waals surface area (Å²) in [5, 5.41) is 2.82. The fourth-order valence-electron chi connectivity index (χ4n) is 4.74. The number of anilines is 1. The van der Waals surface area contributed by atoms with Crippen molar-refractivity contribution in [1.29, 1.82) is 0 Å². The molecule has 1 aromatic heterocycles. The van der Waals surface area contributed by atoms with Crippen molar-refractivity contribution in [2.45, 2.75) is 79.3 Å². The molecular formula is C33H49FN5O8P. The van der Waals surface area contributed by atoms with Crippen LogP contribution in [-0.4, -0.2) is 53.4 Å². The summed E-state index contributed by atoms with van der Waals surface area (Å²) < 4.78 is 52.7. The van der Waals surface area contributed by atoms with Crippen molar-refractivity contribution >= 4 is 31.7 Å². The Hall–Kier alpha value is -3.58. The van der Waals surface area contributed by atoms with E-state index in [-0.39, 0.29) is 56.2 Å². The Labute approximate surface area is 281 Å². The SMILES string of the molecule is CCC(CC)COC(=O)[C@H](CC(C)C)NP(=O)(OC[C@@]1(COC(=O)[C@@H](N)C(C)C)C/C1=C/n1cc(F)c(N)nc1=O)Oc1ccccc1. The van der Waals surface area contributed by atoms with Gasteiger partial charge in [0, 0.05) is 6.20 Å². The predicted octanol–water partition coefficient (Wildman–Crippen LogP) is 4.91. The van der Waals surface area contributed by atoms with E-state index >= 15 is 0 Å². The second-order valence-corrected chi connectivity index (χ2v) is 14.6. The molecule has 1 unspecified atom stereocenters. The topological polar surface area (TPSA) is 187 Å². The van der Waals surface area contributed by atoms with Crippen molar-refractivity contribution in [3.05, 3.63) is 58.4 Å². The van der Waals surface area contributed by atoms with Gasteiger partial charge < -0.3 is 25.5 Å². The number of esters is 2. The first-order valence-corrected chi connectivity index (χ1v) is 17.8. The summed E-state index contributed by atoms with van der Waals surface area (Å²) in [4.78, 5) is 41.9. The van der Waals surface area contributed by atoms with Crippen LogP contribution in [0.25, 0.3) is 6.20 Å². The zero-order chi connectivity index (χ0) is 35.6. The minimum absolute atomic E-state index is 0.00878. The molecule has 1 aliphatic carbocycles. The van der Waals surface area contributed by atoms with E-state index < -0.39 is 54.5 Å². The number of nitrogens with zero attached hydrogens (tertiary/aromatic N) is 2. The summed E-state index contributed by atoms with van der Waals surface area (Å²) in [6.07, 6.45) is 4.38. The van der Waals surface area contributed by atoms with Crippen LogP contribution in [0.5, 0.6) is 5.75 Å². The molecule has 266 valence electrons. The molecule has 0 bridgehead atoms. The maximum atomic E-state index is 14.5. The van der Waals surface area contributed by atoms with Crippen molar-refractivity contribution in [3.63, 3.8) is 0 Å². The second kappa shape index (κ2) is 17.2. The van der Waals surface area contributed by atoms with Crippen LogP contribution in [0.4, 0.5) is 10.2 Å². The van der Waals surface area contributed by atoms with Crippen LogP contribution >= 0.6 is 7.75 Å². The molecule has 13 nitrogen and oxygen atoms in total. The number of hydrogen-bond donors (Lipinski definition) is 3. The third-order valence-corrected chi connectivity index (χ3v) is 9.74. The van der Waals surface area contributed by atoms with Crippen molar-refractivity contribution in [2.75, 3.05) is 25.6 Å². The molecule has 48 heavy (non-hydrogen) atoms. The summed E-state index contributed by atoms with van der Waals surface area (Å²) in [6, 6.07) is 6.37. The number of benzene rings is 1. The molecule has 1 saturated carbocycles. The molecule has 0 aliphatic heterocycles. The highest BCUT2D eigenvalue weighted by molar-refractivity contribution is 7.52. The molecule has 0 saturated heterocycles. The average molecular weight is 694 g/mol. The van der Waals surface area contributed by atoms with Gasteiger partial charge in [-0.2, -0.15) is 10.1 Å². The molecule has 4 atom stereocenters. The van der Waals surface area contributed by atoms with E-state index in [1.165, 1.54) is 6.20 Å². The van der Waals surface area contributed by atoms with Gasteiger partial charge in [0.2, 0.25) is 0 Å². The number of aromatic nitrogens is 2. The Kier molecular flexibility index (Phi) is 13.9. The molecular weight excluding hydrogens is 644 g/mol. The molecule has 1 aromatic carbocycles. The van der Waals surface area contributed by atoms with Crippen LogP contribution in [0.2, 0.25) is 0 Å². The van der Waals surface area contributed by atoms with Gasteiger partial charge in [0.05, 0.1) is 24.8 Å². The van der Waals surface area contributed by atoms with Crippen molar-refractivity contribution in [2.24, 2.45) is 28.9 Å². The number of hydrogen-bond acceptors (Lipinski definition) is 11. The number of carbonyl (C=O) groups excluding carboxylic acids is 2. The van der Waals surface area contributed by atoms with E-state index in [2.05, 4.69) is 10.1 Å². The number of nitrogens with one attached hydrogen (secondary N) is 1. The minimum atomic E-state index is -4.34. The fraction of sp³-hybridized carbons (Fsp3) is 0.576. The molecule has 0 spiro atoms. The zero-order valence-electron chi connectivity index (χ0n) is 28.5. The molecule has 2 aromatic rings. The summed E-state index contributed by atoms with van der Waals surface area (Å²) in [6.45, 7) is 11.0. The van der Waals surface area contributed by atoms with Gasteiger partial charge in [0.25, 0.3) is 0 Å². The van der Waals surface area contributed by atoms with Crippen LogP contribution in [-0.2, 0) is 28.2 Å². The lowest BCUT2D eigenvalue weighted by Gasteiger charge is -2.27. The largest absolute Gasteiger partial charge is 0.464 e. The Balaban J connectivity index is 1.94. The average Bonchev–Trinajstić information content (AvgIpc) is 3.73. The van der Waals surface area contributed by atoms with Crippen LogP contribution in [0.1, 0.15) is 67.2 Å². The van der Waals surface area contributed by atoms with E-state index in [4.69, 9.17) is 30.0 Å². The van der Waals surface area contributed by atoms with Crippen molar-refractivity contribution < 1.29 is 37.1 Å². The molecule has 15 heteroatoms. The lowest BCUT2D eigenvalue weighted by Crippen LogP contribution is -2.40. The maximum Gasteiger partial charge on any atom is 0.459 e. The van der Waals surface area contributed by atoms with E-state index in [0.717, 1.165) is 23.6 Å². The fourth-order valence-corrected chi connectivity index (χ4v) is 6.32. The zero-order valence-corrected chi connectivity index (χ0v) is 29.4. The van der Waals surface area contributed by atoms with E-state index in [0.29, 0.717) is 5.57 Å². The number of carbonyl (C=O) groups is 2. The number of nitrogen functional groups attached to an aromatic ring is 1. The molecule has 1 heterocycles. The molecule has 0 radical (unpaired) electrons. The van der Waals surface area contributed by atoms with E-state index in [1.807, 2.05) is 27.7 Å². The van der Waals surface area contributed by atoms with Crippen LogP contribution in [0.15, 0.2) is 46.9 Å². The van der Waals surface area contributed by atoms with Gasteiger partial charge in [0.1, 0.15) is 24.4 Å². The molecule has 1 aliphatic rings. The third-order valence-electron chi connectivity index (χ3n) is 8.20. The highest BCUT2D eigenvalue weighted by Gasteiger charge is 2.53. The van der Waals surface area contributed by atoms with Gasteiger partial charge in [0.15, 0.2) is 11.6 Å². The predicted molar refractivity (Wildman–Crippen MR) is 180 cm³/mol. The van der Waals surface area contributed by atoms with Gasteiger partial charge in [-0.3, -0.25) is 18.7 Å². The van der Waals surface area contributed by atoms with Gasteiger partial charge in [-0.25, -0.2) is 13.8 Å². The number of para-hydroxylation sites is 1. The highest BCUT2D eigenvalue weighted by atomic mass is 31.2. The normalized spacial score (nSPS) is 19.3. The van der Waals surface area contributed by atoms with Crippen molar-refractivity contribution in [1.82, 2.24) is 14.6 Å². The minimum Gasteiger partial charge on any atom is -0.464 e. The number of ether oxygens (including phenoxy) is 2. The maximum absolute atomic E-state index is 14.5. The Morgan fingerprint density at radius 2 is 1.77 bits per heavy atom. The standard InChI is InChI=1S/C33H49FN5O8P/c1-7-23(8-2)18-44-30(40)27(14-21(3)4)38-48(43,47-25-12-10-9-11-13-25)46-20-33(19-45-31(41)28(35)22(5)6)15-24(33)16-39-17-26(34)29(36)37-32(39)42/h9-13,16-17,21-23,27-28H,7-8,14-15,18-20,35H2,1-6H3,(H,38,43)(H2,36,37,42)/b24-16-/t27-,28-,33-,48?/m0/s1. The molecule has 3 rings (SSSR count).